The zero-order chi connectivity index (χ0) is 17.6. The van der Waals surface area contributed by atoms with E-state index in [1.165, 1.54) is 0 Å². The number of carbonyl (C=O) groups is 1. The molecule has 1 aliphatic heterocycles. The van der Waals surface area contributed by atoms with E-state index in [9.17, 15) is 4.79 Å². The first kappa shape index (κ1) is 17.4. The van der Waals surface area contributed by atoms with Crippen LogP contribution in [-0.4, -0.2) is 58.7 Å². The van der Waals surface area contributed by atoms with E-state index in [0.29, 0.717) is 26.3 Å². The van der Waals surface area contributed by atoms with Crippen LogP contribution in [0.2, 0.25) is 0 Å². The van der Waals surface area contributed by atoms with E-state index >= 15 is 0 Å². The third-order valence-corrected chi connectivity index (χ3v) is 4.38. The number of nitrogens with zero attached hydrogens (tertiary/aromatic N) is 3. The Labute approximate surface area is 146 Å². The molecule has 0 radical (unpaired) electrons. The lowest BCUT2D eigenvalue weighted by atomic mass is 10.1. The Balaban J connectivity index is 1.76. The number of morpholine rings is 1. The maximum atomic E-state index is 11.1. The van der Waals surface area contributed by atoms with Crippen LogP contribution in [0.3, 0.4) is 0 Å². The average molecular weight is 345 g/mol. The summed E-state index contributed by atoms with van der Waals surface area (Å²) >= 11 is 0. The largest absolute Gasteiger partial charge is 0.496 e. The van der Waals surface area contributed by atoms with Crippen molar-refractivity contribution in [1.29, 1.82) is 0 Å². The molecule has 0 spiro atoms. The highest BCUT2D eigenvalue weighted by Gasteiger charge is 2.25. The second kappa shape index (κ2) is 8.13. The summed E-state index contributed by atoms with van der Waals surface area (Å²) in [7, 11) is 1.66. The molecule has 1 atom stereocenters. The Morgan fingerprint density at radius 2 is 2.32 bits per heavy atom. The van der Waals surface area contributed by atoms with E-state index < -0.39 is 5.97 Å². The van der Waals surface area contributed by atoms with Gasteiger partial charge in [-0.25, -0.2) is 0 Å². The summed E-state index contributed by atoms with van der Waals surface area (Å²) in [5.41, 5.74) is 2.17. The normalized spacial score (nSPS) is 18.2. The molecule has 1 aliphatic rings. The maximum Gasteiger partial charge on any atom is 0.305 e. The van der Waals surface area contributed by atoms with Crippen LogP contribution < -0.4 is 4.74 Å². The monoisotopic (exact) mass is 345 g/mol. The Kier molecular flexibility index (Phi) is 5.67. The smallest absolute Gasteiger partial charge is 0.305 e. The van der Waals surface area contributed by atoms with E-state index in [1.54, 1.807) is 13.3 Å². The van der Waals surface area contributed by atoms with Crippen LogP contribution in [0.4, 0.5) is 0 Å². The van der Waals surface area contributed by atoms with E-state index in [-0.39, 0.29) is 12.5 Å². The van der Waals surface area contributed by atoms with Crippen LogP contribution in [0, 0.1) is 0 Å². The van der Waals surface area contributed by atoms with Gasteiger partial charge in [-0.3, -0.25) is 14.4 Å². The summed E-state index contributed by atoms with van der Waals surface area (Å²) in [6.07, 6.45) is 3.76. The number of carboxylic acid groups (broad SMARTS) is 1. The number of carboxylic acids is 1. The number of hydrogen-bond acceptors (Lipinski definition) is 5. The quantitative estimate of drug-likeness (QED) is 0.822. The van der Waals surface area contributed by atoms with Crippen LogP contribution in [0.25, 0.3) is 0 Å². The van der Waals surface area contributed by atoms with Gasteiger partial charge in [-0.15, -0.1) is 0 Å². The first-order chi connectivity index (χ1) is 12.2. The minimum absolute atomic E-state index is 0.0936. The van der Waals surface area contributed by atoms with Crippen LogP contribution in [-0.2, 0) is 22.6 Å². The predicted molar refractivity (Wildman–Crippen MR) is 91.6 cm³/mol. The van der Waals surface area contributed by atoms with Crippen LogP contribution >= 0.6 is 0 Å². The van der Waals surface area contributed by atoms with Gasteiger partial charge in [-0.2, -0.15) is 5.10 Å². The zero-order valence-electron chi connectivity index (χ0n) is 14.3. The van der Waals surface area contributed by atoms with Crippen molar-refractivity contribution >= 4 is 5.97 Å². The molecule has 2 heterocycles. The van der Waals surface area contributed by atoms with Crippen molar-refractivity contribution in [2.24, 2.45) is 0 Å². The highest BCUT2D eigenvalue weighted by molar-refractivity contribution is 5.67. The molecule has 0 aliphatic carbocycles. The Hall–Kier alpha value is -2.38. The highest BCUT2D eigenvalue weighted by atomic mass is 16.5. The van der Waals surface area contributed by atoms with Gasteiger partial charge < -0.3 is 14.6 Å². The van der Waals surface area contributed by atoms with Gasteiger partial charge in [0.2, 0.25) is 0 Å². The fourth-order valence-corrected chi connectivity index (χ4v) is 3.14. The Morgan fingerprint density at radius 3 is 3.04 bits per heavy atom. The second-order valence-corrected chi connectivity index (χ2v) is 6.15. The minimum Gasteiger partial charge on any atom is -0.496 e. The third kappa shape index (κ3) is 4.58. The standard InChI is InChI=1S/C18H23N3O4/c1-24-17-4-3-14(9-15(17)12-21-6-2-5-19-21)11-20-7-8-25-13-16(20)10-18(22)23/h2-6,9,16H,7-8,10-13H2,1H3,(H,22,23)/t16-/m0/s1. The SMILES string of the molecule is COc1ccc(CN2CCOC[C@@H]2CC(=O)O)cc1Cn1cccn1. The second-order valence-electron chi connectivity index (χ2n) is 6.15. The van der Waals surface area contributed by atoms with Crippen molar-refractivity contribution in [3.05, 3.63) is 47.8 Å². The Morgan fingerprint density at radius 1 is 1.44 bits per heavy atom. The number of benzene rings is 1. The van der Waals surface area contributed by atoms with Crippen molar-refractivity contribution in [2.75, 3.05) is 26.9 Å². The topological polar surface area (TPSA) is 76.8 Å². The average Bonchev–Trinajstić information content (AvgIpc) is 3.09. The molecule has 0 unspecified atom stereocenters. The molecule has 1 aromatic carbocycles. The molecule has 134 valence electrons. The predicted octanol–water partition coefficient (Wildman–Crippen LogP) is 1.62. The number of rotatable bonds is 7. The lowest BCUT2D eigenvalue weighted by Crippen LogP contribution is -2.45. The number of aromatic nitrogens is 2. The number of ether oxygens (including phenoxy) is 2. The molecule has 7 heteroatoms. The molecule has 1 aromatic heterocycles. The molecule has 0 saturated carbocycles. The van der Waals surface area contributed by atoms with Gasteiger partial charge in [-0.1, -0.05) is 6.07 Å². The molecular formula is C18H23N3O4. The summed E-state index contributed by atoms with van der Waals surface area (Å²) in [6, 6.07) is 7.89. The molecular weight excluding hydrogens is 322 g/mol. The Bertz CT molecular complexity index is 702. The van der Waals surface area contributed by atoms with Crippen LogP contribution in [0.5, 0.6) is 5.75 Å². The summed E-state index contributed by atoms with van der Waals surface area (Å²) < 4.78 is 12.8. The fraction of sp³-hybridized carbons (Fsp3) is 0.444. The van der Waals surface area contributed by atoms with Crippen LogP contribution in [0.15, 0.2) is 36.7 Å². The molecule has 2 aromatic rings. The van der Waals surface area contributed by atoms with Gasteiger partial charge in [0.15, 0.2) is 0 Å². The van der Waals surface area contributed by atoms with Crippen molar-refractivity contribution in [3.63, 3.8) is 0 Å². The zero-order valence-corrected chi connectivity index (χ0v) is 14.3. The van der Waals surface area contributed by atoms with E-state index in [2.05, 4.69) is 16.1 Å². The molecule has 0 bridgehead atoms. The minimum atomic E-state index is -0.797. The lowest BCUT2D eigenvalue weighted by molar-refractivity contribution is -0.140. The molecule has 1 N–H and O–H groups in total. The van der Waals surface area contributed by atoms with Gasteiger partial charge >= 0.3 is 5.97 Å². The van der Waals surface area contributed by atoms with E-state index in [4.69, 9.17) is 14.6 Å². The third-order valence-electron chi connectivity index (χ3n) is 4.38. The van der Waals surface area contributed by atoms with Gasteiger partial charge in [0.1, 0.15) is 5.75 Å². The molecule has 7 nitrogen and oxygen atoms in total. The molecule has 0 amide bonds. The summed E-state index contributed by atoms with van der Waals surface area (Å²) in [6.45, 7) is 3.15. The first-order valence-electron chi connectivity index (χ1n) is 8.32. The van der Waals surface area contributed by atoms with Crippen LogP contribution in [0.1, 0.15) is 17.5 Å². The molecule has 1 fully saturated rings. The number of methoxy groups -OCH3 is 1. The molecule has 3 rings (SSSR count). The summed E-state index contributed by atoms with van der Waals surface area (Å²) in [5.74, 6) is 0.0258. The van der Waals surface area contributed by atoms with Crippen molar-refractivity contribution in [2.45, 2.75) is 25.6 Å². The summed E-state index contributed by atoms with van der Waals surface area (Å²) in [4.78, 5) is 13.3. The van der Waals surface area contributed by atoms with Crippen molar-refractivity contribution in [1.82, 2.24) is 14.7 Å². The van der Waals surface area contributed by atoms with Crippen molar-refractivity contribution in [3.8, 4) is 5.75 Å². The van der Waals surface area contributed by atoms with E-state index in [1.807, 2.05) is 29.1 Å². The highest BCUT2D eigenvalue weighted by Crippen LogP contribution is 2.23. The van der Waals surface area contributed by atoms with Gasteiger partial charge in [0.05, 0.1) is 33.3 Å². The van der Waals surface area contributed by atoms with Gasteiger partial charge in [0, 0.05) is 37.1 Å². The lowest BCUT2D eigenvalue weighted by Gasteiger charge is -2.34. The molecule has 1 saturated heterocycles. The number of hydrogen-bond donors (Lipinski definition) is 1. The molecule has 25 heavy (non-hydrogen) atoms. The fourth-order valence-electron chi connectivity index (χ4n) is 3.14. The van der Waals surface area contributed by atoms with Crippen molar-refractivity contribution < 1.29 is 19.4 Å². The van der Waals surface area contributed by atoms with Gasteiger partial charge in [-0.05, 0) is 23.8 Å². The van der Waals surface area contributed by atoms with E-state index in [0.717, 1.165) is 23.4 Å². The summed E-state index contributed by atoms with van der Waals surface area (Å²) in [5, 5.41) is 13.3. The maximum absolute atomic E-state index is 11.1. The number of aliphatic carboxylic acids is 1. The van der Waals surface area contributed by atoms with Gasteiger partial charge in [0.25, 0.3) is 0 Å². The first-order valence-corrected chi connectivity index (χ1v) is 8.32.